The van der Waals surface area contributed by atoms with Crippen LogP contribution in [0.1, 0.15) is 0 Å². The molecule has 0 heterocycles. The summed E-state index contributed by atoms with van der Waals surface area (Å²) in [6.45, 7) is 0. The van der Waals surface area contributed by atoms with Crippen molar-refractivity contribution in [1.29, 1.82) is 5.53 Å². The van der Waals surface area contributed by atoms with Gasteiger partial charge in [-0.3, -0.25) is 0 Å². The summed E-state index contributed by atoms with van der Waals surface area (Å²) < 4.78 is 0. The van der Waals surface area contributed by atoms with Gasteiger partial charge in [0, 0.05) is 0 Å². The van der Waals surface area contributed by atoms with Crippen LogP contribution in [-0.2, 0) is 0 Å². The highest BCUT2D eigenvalue weighted by molar-refractivity contribution is 6.32. The third kappa shape index (κ3) is 1.27. The third-order valence-corrected chi connectivity index (χ3v) is 1.29. The van der Waals surface area contributed by atoms with E-state index in [1.165, 1.54) is 0 Å². The Morgan fingerprint density at radius 3 is 2.44 bits per heavy atom. The quantitative estimate of drug-likeness (QED) is 0.583. The van der Waals surface area contributed by atoms with Gasteiger partial charge in [-0.15, -0.1) is 0 Å². The second-order valence-electron chi connectivity index (χ2n) is 1.56. The molecule has 46 valence electrons. The van der Waals surface area contributed by atoms with E-state index in [0.29, 0.717) is 10.7 Å². The van der Waals surface area contributed by atoms with E-state index in [1.54, 1.807) is 24.3 Å². The molecule has 0 saturated carbocycles. The fourth-order valence-corrected chi connectivity index (χ4v) is 0.720. The number of hydrogen-bond acceptors (Lipinski definition) is 2. The van der Waals surface area contributed by atoms with Crippen molar-refractivity contribution in [3.05, 3.63) is 29.3 Å². The molecule has 0 bridgehead atoms. The molecular formula is C6H5ClN2. The number of nitrogens with one attached hydrogen (secondary N) is 1. The molecule has 2 nitrogen and oxygen atoms in total. The van der Waals surface area contributed by atoms with Gasteiger partial charge in [-0.2, -0.15) is 5.11 Å². The Balaban J connectivity index is 3.15. The highest BCUT2D eigenvalue weighted by Crippen LogP contribution is 2.22. The van der Waals surface area contributed by atoms with E-state index in [9.17, 15) is 0 Å². The maximum Gasteiger partial charge on any atom is 0.104 e. The van der Waals surface area contributed by atoms with E-state index >= 15 is 0 Å². The van der Waals surface area contributed by atoms with Crippen LogP contribution in [0.25, 0.3) is 0 Å². The van der Waals surface area contributed by atoms with Gasteiger partial charge in [0.25, 0.3) is 0 Å². The van der Waals surface area contributed by atoms with Crippen LogP contribution in [0.4, 0.5) is 5.69 Å². The van der Waals surface area contributed by atoms with Crippen LogP contribution in [0.3, 0.4) is 0 Å². The van der Waals surface area contributed by atoms with Crippen molar-refractivity contribution in [2.24, 2.45) is 5.11 Å². The molecule has 0 radical (unpaired) electrons. The molecule has 0 spiro atoms. The van der Waals surface area contributed by atoms with E-state index in [2.05, 4.69) is 5.11 Å². The molecule has 1 N–H and O–H groups in total. The van der Waals surface area contributed by atoms with Crippen LogP contribution in [0.2, 0.25) is 5.02 Å². The highest BCUT2D eigenvalue weighted by atomic mass is 35.5. The number of para-hydroxylation sites is 1. The van der Waals surface area contributed by atoms with Gasteiger partial charge in [-0.05, 0) is 12.1 Å². The zero-order chi connectivity index (χ0) is 6.69. The summed E-state index contributed by atoms with van der Waals surface area (Å²) in [5.41, 5.74) is 7.14. The first-order valence-corrected chi connectivity index (χ1v) is 2.84. The minimum atomic E-state index is 0.513. The molecule has 0 saturated heterocycles. The Labute approximate surface area is 58.0 Å². The lowest BCUT2D eigenvalue weighted by molar-refractivity contribution is 1.15. The fraction of sp³-hybridized carbons (Fsp3) is 0. The molecule has 0 aliphatic rings. The van der Waals surface area contributed by atoms with Crippen molar-refractivity contribution >= 4 is 17.3 Å². The number of nitrogens with zero attached hydrogens (tertiary/aromatic N) is 1. The Hall–Kier alpha value is -0.890. The monoisotopic (exact) mass is 140 g/mol. The third-order valence-electron chi connectivity index (χ3n) is 0.973. The highest BCUT2D eigenvalue weighted by Gasteiger charge is 1.92. The van der Waals surface area contributed by atoms with Crippen molar-refractivity contribution in [1.82, 2.24) is 0 Å². The number of benzene rings is 1. The molecule has 9 heavy (non-hydrogen) atoms. The molecule has 0 aliphatic heterocycles. The van der Waals surface area contributed by atoms with Crippen LogP contribution in [0, 0.1) is 5.53 Å². The summed E-state index contributed by atoms with van der Waals surface area (Å²) >= 11 is 5.61. The fourth-order valence-electron chi connectivity index (χ4n) is 0.542. The molecule has 0 aromatic heterocycles. The van der Waals surface area contributed by atoms with Gasteiger partial charge in [0.05, 0.1) is 5.02 Å². The smallest absolute Gasteiger partial charge is 0.104 e. The molecule has 0 atom stereocenters. The summed E-state index contributed by atoms with van der Waals surface area (Å²) in [7, 11) is 0. The average molecular weight is 141 g/mol. The largest absolute Gasteiger partial charge is 0.204 e. The zero-order valence-corrected chi connectivity index (χ0v) is 5.39. The van der Waals surface area contributed by atoms with Crippen LogP contribution in [0.15, 0.2) is 29.4 Å². The molecule has 0 aliphatic carbocycles. The lowest BCUT2D eigenvalue weighted by Gasteiger charge is -1.90. The molecule has 1 rings (SSSR count). The summed E-state index contributed by atoms with van der Waals surface area (Å²) in [5, 5.41) is 3.71. The predicted molar refractivity (Wildman–Crippen MR) is 36.3 cm³/mol. The first-order valence-electron chi connectivity index (χ1n) is 2.46. The summed E-state index contributed by atoms with van der Waals surface area (Å²) in [6.07, 6.45) is 0. The van der Waals surface area contributed by atoms with E-state index in [-0.39, 0.29) is 0 Å². The lowest BCUT2D eigenvalue weighted by Crippen LogP contribution is -1.62. The van der Waals surface area contributed by atoms with Gasteiger partial charge in [-0.25, -0.2) is 5.53 Å². The molecule has 0 unspecified atom stereocenters. The second kappa shape index (κ2) is 2.60. The SMILES string of the molecule is N=Nc1ccccc1Cl. The van der Waals surface area contributed by atoms with Crippen molar-refractivity contribution < 1.29 is 0 Å². The molecule has 3 heteroatoms. The first kappa shape index (κ1) is 6.23. The summed E-state index contributed by atoms with van der Waals surface area (Å²) in [6, 6.07) is 6.99. The van der Waals surface area contributed by atoms with Crippen molar-refractivity contribution in [3.8, 4) is 0 Å². The Morgan fingerprint density at radius 2 is 2.00 bits per heavy atom. The topological polar surface area (TPSA) is 36.2 Å². The summed E-state index contributed by atoms with van der Waals surface area (Å²) in [5.74, 6) is 0. The molecule has 0 amide bonds. The number of hydrogen-bond donors (Lipinski definition) is 1. The normalized spacial score (nSPS) is 9.00. The molecule has 0 fully saturated rings. The van der Waals surface area contributed by atoms with Crippen molar-refractivity contribution in [2.75, 3.05) is 0 Å². The van der Waals surface area contributed by atoms with E-state index < -0.39 is 0 Å². The Bertz CT molecular complexity index is 222. The average Bonchev–Trinajstić information content (AvgIpc) is 1.89. The standard InChI is InChI=1S/C6H5ClN2/c7-5-3-1-2-4-6(5)9-8/h1-4,8H. The van der Waals surface area contributed by atoms with Crippen molar-refractivity contribution in [2.45, 2.75) is 0 Å². The summed E-state index contributed by atoms with van der Waals surface area (Å²) in [4.78, 5) is 0. The van der Waals surface area contributed by atoms with Gasteiger partial charge in [0.2, 0.25) is 0 Å². The van der Waals surface area contributed by atoms with Crippen LogP contribution >= 0.6 is 11.6 Å². The predicted octanol–water partition coefficient (Wildman–Crippen LogP) is 3.00. The second-order valence-corrected chi connectivity index (χ2v) is 1.97. The van der Waals surface area contributed by atoms with Gasteiger partial charge in [-0.1, -0.05) is 23.7 Å². The zero-order valence-electron chi connectivity index (χ0n) is 4.63. The van der Waals surface area contributed by atoms with E-state index in [0.717, 1.165) is 0 Å². The minimum absolute atomic E-state index is 0.513. The molecule has 1 aromatic carbocycles. The van der Waals surface area contributed by atoms with Crippen LogP contribution < -0.4 is 0 Å². The van der Waals surface area contributed by atoms with Crippen LogP contribution in [-0.4, -0.2) is 0 Å². The Kier molecular flexibility index (Phi) is 1.80. The maximum atomic E-state index is 6.63. The first-order chi connectivity index (χ1) is 4.34. The van der Waals surface area contributed by atoms with E-state index in [4.69, 9.17) is 17.1 Å². The number of rotatable bonds is 1. The number of halogens is 1. The maximum absolute atomic E-state index is 6.63. The minimum Gasteiger partial charge on any atom is -0.204 e. The van der Waals surface area contributed by atoms with Gasteiger partial charge >= 0.3 is 0 Å². The van der Waals surface area contributed by atoms with E-state index in [1.807, 2.05) is 0 Å². The molecule has 1 aromatic rings. The Morgan fingerprint density at radius 1 is 1.33 bits per heavy atom. The van der Waals surface area contributed by atoms with Crippen molar-refractivity contribution in [3.63, 3.8) is 0 Å². The van der Waals surface area contributed by atoms with Gasteiger partial charge in [0.1, 0.15) is 5.69 Å². The lowest BCUT2D eigenvalue weighted by atomic mass is 10.3. The molecular weight excluding hydrogens is 136 g/mol. The van der Waals surface area contributed by atoms with Crippen LogP contribution in [0.5, 0.6) is 0 Å². The van der Waals surface area contributed by atoms with Gasteiger partial charge in [0.15, 0.2) is 0 Å². The van der Waals surface area contributed by atoms with Gasteiger partial charge < -0.3 is 0 Å².